The van der Waals surface area contributed by atoms with Crippen LogP contribution >= 0.6 is 23.1 Å². The van der Waals surface area contributed by atoms with Gasteiger partial charge in [0.25, 0.3) is 5.56 Å². The first-order valence-corrected chi connectivity index (χ1v) is 12.8. The van der Waals surface area contributed by atoms with Crippen LogP contribution in [0.5, 0.6) is 0 Å². The van der Waals surface area contributed by atoms with E-state index in [1.807, 2.05) is 30.3 Å². The lowest BCUT2D eigenvalue weighted by molar-refractivity contribution is 0.0599. The standard InChI is InChI=1S/C25H23N3O4S2/c1-13-19(24(31)32-3)14(2)26-21(13)17(29)12-33-25-27-22-20(16-10-7-11-18(16)34-22)23(30)28(25)15-8-5-4-6-9-15/h4-6,8-9,26H,7,10-12H2,1-3H3. The van der Waals surface area contributed by atoms with Gasteiger partial charge in [-0.05, 0) is 56.4 Å². The minimum Gasteiger partial charge on any atom is -0.465 e. The summed E-state index contributed by atoms with van der Waals surface area (Å²) >= 11 is 2.81. The number of fused-ring (bicyclic) bond motifs is 3. The molecule has 5 rings (SSSR count). The Morgan fingerprint density at radius 3 is 2.71 bits per heavy atom. The molecule has 4 aromatic rings. The number of ketones is 1. The van der Waals surface area contributed by atoms with Crippen molar-refractivity contribution in [1.82, 2.24) is 14.5 Å². The fourth-order valence-electron chi connectivity index (χ4n) is 4.57. The van der Waals surface area contributed by atoms with Crippen molar-refractivity contribution in [3.8, 4) is 5.69 Å². The molecule has 7 nitrogen and oxygen atoms in total. The fraction of sp³-hybridized carbons (Fsp3) is 0.280. The van der Waals surface area contributed by atoms with Crippen molar-refractivity contribution in [2.75, 3.05) is 12.9 Å². The number of aryl methyl sites for hydroxylation is 3. The summed E-state index contributed by atoms with van der Waals surface area (Å²) in [6.07, 6.45) is 2.95. The summed E-state index contributed by atoms with van der Waals surface area (Å²) in [6.45, 7) is 3.47. The van der Waals surface area contributed by atoms with Crippen LogP contribution in [0.4, 0.5) is 0 Å². The van der Waals surface area contributed by atoms with Crippen molar-refractivity contribution >= 4 is 45.1 Å². The quantitative estimate of drug-likeness (QED) is 0.182. The average molecular weight is 494 g/mol. The van der Waals surface area contributed by atoms with Gasteiger partial charge in [0.15, 0.2) is 10.9 Å². The van der Waals surface area contributed by atoms with E-state index in [1.165, 1.54) is 23.7 Å². The molecule has 0 saturated heterocycles. The summed E-state index contributed by atoms with van der Waals surface area (Å²) < 4.78 is 6.45. The van der Waals surface area contributed by atoms with Crippen molar-refractivity contribution < 1.29 is 14.3 Å². The molecule has 174 valence electrons. The molecule has 0 unspecified atom stereocenters. The number of carbonyl (C=O) groups is 2. The third-order valence-electron chi connectivity index (χ3n) is 6.16. The Morgan fingerprint density at radius 2 is 1.97 bits per heavy atom. The number of aromatic nitrogens is 3. The average Bonchev–Trinajstić information content (AvgIpc) is 3.50. The zero-order chi connectivity index (χ0) is 24.0. The molecular formula is C25H23N3O4S2. The van der Waals surface area contributed by atoms with Crippen LogP contribution < -0.4 is 5.56 Å². The Kier molecular flexibility index (Phi) is 5.91. The lowest BCUT2D eigenvalue weighted by Gasteiger charge is -2.12. The molecule has 1 N–H and O–H groups in total. The van der Waals surface area contributed by atoms with Crippen molar-refractivity contribution in [1.29, 1.82) is 0 Å². The molecular weight excluding hydrogens is 470 g/mol. The van der Waals surface area contributed by atoms with Crippen LogP contribution in [0.3, 0.4) is 0 Å². The predicted octanol–water partition coefficient (Wildman–Crippen LogP) is 4.64. The number of ether oxygens (including phenoxy) is 1. The number of nitrogens with one attached hydrogen (secondary N) is 1. The van der Waals surface area contributed by atoms with E-state index in [-0.39, 0.29) is 17.1 Å². The van der Waals surface area contributed by atoms with Crippen LogP contribution in [0.2, 0.25) is 0 Å². The molecule has 1 aromatic carbocycles. The molecule has 3 heterocycles. The summed E-state index contributed by atoms with van der Waals surface area (Å²) in [5, 5.41) is 1.18. The number of methoxy groups -OCH3 is 1. The Hall–Kier alpha value is -3.17. The van der Waals surface area contributed by atoms with E-state index in [0.717, 1.165) is 35.3 Å². The molecule has 0 bridgehead atoms. The van der Waals surface area contributed by atoms with Crippen molar-refractivity contribution in [2.45, 2.75) is 38.3 Å². The third-order valence-corrected chi connectivity index (χ3v) is 8.29. The Balaban J connectivity index is 1.54. The number of hydrogen-bond acceptors (Lipinski definition) is 7. The van der Waals surface area contributed by atoms with Gasteiger partial charge in [0.05, 0.1) is 35.2 Å². The van der Waals surface area contributed by atoms with Gasteiger partial charge < -0.3 is 9.72 Å². The van der Waals surface area contributed by atoms with Gasteiger partial charge in [-0.1, -0.05) is 30.0 Å². The maximum absolute atomic E-state index is 13.7. The van der Waals surface area contributed by atoms with Crippen molar-refractivity contribution in [3.05, 3.63) is 73.6 Å². The fourth-order valence-corrected chi connectivity index (χ4v) is 6.75. The number of H-pyrrole nitrogens is 1. The molecule has 0 fully saturated rings. The monoisotopic (exact) mass is 493 g/mol. The van der Waals surface area contributed by atoms with Gasteiger partial charge >= 0.3 is 5.97 Å². The van der Waals surface area contributed by atoms with Crippen LogP contribution in [0.1, 0.15) is 49.0 Å². The maximum atomic E-state index is 13.7. The number of aromatic amines is 1. The zero-order valence-corrected chi connectivity index (χ0v) is 20.7. The van der Waals surface area contributed by atoms with Crippen LogP contribution in [-0.4, -0.2) is 39.2 Å². The highest BCUT2D eigenvalue weighted by molar-refractivity contribution is 7.99. The van der Waals surface area contributed by atoms with Crippen molar-refractivity contribution in [2.24, 2.45) is 0 Å². The summed E-state index contributed by atoms with van der Waals surface area (Å²) in [7, 11) is 1.32. The summed E-state index contributed by atoms with van der Waals surface area (Å²) in [5.41, 5.74) is 3.66. The highest BCUT2D eigenvalue weighted by atomic mass is 32.2. The number of nitrogens with zero attached hydrogens (tertiary/aromatic N) is 2. The van der Waals surface area contributed by atoms with E-state index < -0.39 is 5.97 Å². The van der Waals surface area contributed by atoms with Crippen LogP contribution in [0, 0.1) is 13.8 Å². The topological polar surface area (TPSA) is 94.1 Å². The minimum atomic E-state index is -0.478. The van der Waals surface area contributed by atoms with Crippen LogP contribution in [-0.2, 0) is 17.6 Å². The summed E-state index contributed by atoms with van der Waals surface area (Å²) in [6, 6.07) is 9.39. The highest BCUT2D eigenvalue weighted by Gasteiger charge is 2.26. The SMILES string of the molecule is COC(=O)c1c(C)[nH]c(C(=O)CSc2nc3sc4c(c3c(=O)n2-c2ccccc2)CCC4)c1C. The Bertz CT molecular complexity index is 1500. The Labute approximate surface area is 204 Å². The number of thiophene rings is 1. The normalized spacial score (nSPS) is 12.8. The highest BCUT2D eigenvalue weighted by Crippen LogP contribution is 2.36. The van der Waals surface area contributed by atoms with Gasteiger partial charge in [-0.25, -0.2) is 9.78 Å². The van der Waals surface area contributed by atoms with E-state index in [0.29, 0.717) is 33.1 Å². The molecule has 9 heteroatoms. The number of carbonyl (C=O) groups excluding carboxylic acids is 2. The van der Waals surface area contributed by atoms with E-state index >= 15 is 0 Å². The predicted molar refractivity (Wildman–Crippen MR) is 134 cm³/mol. The first-order chi connectivity index (χ1) is 16.4. The lowest BCUT2D eigenvalue weighted by Crippen LogP contribution is -2.22. The first-order valence-electron chi connectivity index (χ1n) is 11.0. The zero-order valence-electron chi connectivity index (χ0n) is 19.1. The maximum Gasteiger partial charge on any atom is 0.339 e. The van der Waals surface area contributed by atoms with Gasteiger partial charge in [-0.2, -0.15) is 0 Å². The van der Waals surface area contributed by atoms with Gasteiger partial charge in [0.1, 0.15) is 4.83 Å². The van der Waals surface area contributed by atoms with Crippen LogP contribution in [0.15, 0.2) is 40.3 Å². The molecule has 0 aliphatic heterocycles. The number of esters is 1. The Morgan fingerprint density at radius 1 is 1.21 bits per heavy atom. The lowest BCUT2D eigenvalue weighted by atomic mass is 10.1. The van der Waals surface area contributed by atoms with E-state index in [4.69, 9.17) is 9.72 Å². The molecule has 1 aliphatic rings. The summed E-state index contributed by atoms with van der Waals surface area (Å²) in [4.78, 5) is 48.7. The van der Waals surface area contributed by atoms with Gasteiger partial charge in [-0.15, -0.1) is 11.3 Å². The number of thioether (sulfide) groups is 1. The molecule has 1 aliphatic carbocycles. The number of Topliss-reactive ketones (excluding diaryl/α,β-unsaturated/α-hetero) is 1. The van der Waals surface area contributed by atoms with Gasteiger partial charge in [-0.3, -0.25) is 14.2 Å². The van der Waals surface area contributed by atoms with Gasteiger partial charge in [0.2, 0.25) is 0 Å². The smallest absolute Gasteiger partial charge is 0.339 e. The van der Waals surface area contributed by atoms with Crippen molar-refractivity contribution in [3.63, 3.8) is 0 Å². The second-order valence-corrected chi connectivity index (χ2v) is 10.3. The van der Waals surface area contributed by atoms with Crippen LogP contribution in [0.25, 0.3) is 15.9 Å². The molecule has 0 radical (unpaired) electrons. The van der Waals surface area contributed by atoms with Gasteiger partial charge in [0, 0.05) is 10.6 Å². The minimum absolute atomic E-state index is 0.0667. The van der Waals surface area contributed by atoms with E-state index in [2.05, 4.69) is 4.98 Å². The molecule has 0 spiro atoms. The number of benzene rings is 1. The molecule has 0 amide bonds. The number of rotatable bonds is 6. The second kappa shape index (κ2) is 8.88. The number of hydrogen-bond donors (Lipinski definition) is 1. The molecule has 0 atom stereocenters. The third kappa shape index (κ3) is 3.69. The van der Waals surface area contributed by atoms with E-state index in [1.54, 1.807) is 29.8 Å². The summed E-state index contributed by atoms with van der Waals surface area (Å²) in [5.74, 6) is -0.589. The second-order valence-electron chi connectivity index (χ2n) is 8.24. The molecule has 34 heavy (non-hydrogen) atoms. The number of para-hydroxylation sites is 1. The van der Waals surface area contributed by atoms with E-state index in [9.17, 15) is 14.4 Å². The molecule has 3 aromatic heterocycles. The first kappa shape index (κ1) is 22.6. The molecule has 0 saturated carbocycles. The largest absolute Gasteiger partial charge is 0.465 e.